The van der Waals surface area contributed by atoms with Crippen LogP contribution in [0.4, 0.5) is 0 Å². The molecule has 0 atom stereocenters. The molecule has 0 aliphatic carbocycles. The SMILES string of the molecule is Cn1c(Sc2nc(C(C)(C)C)ns2)nnc1C1CCNCC1. The standard InChI is InChI=1S/C14H22N6S2/c1-14(2,3)11-16-13(22-19-11)21-12-18-17-10(20(12)4)9-5-7-15-8-6-9/h9,15H,5-8H2,1-4H3. The Labute approximate surface area is 139 Å². The Morgan fingerprint density at radius 1 is 1.23 bits per heavy atom. The first-order valence-electron chi connectivity index (χ1n) is 7.57. The van der Waals surface area contributed by atoms with Gasteiger partial charge in [-0.05, 0) is 49.2 Å². The lowest BCUT2D eigenvalue weighted by Crippen LogP contribution is -2.27. The second-order valence-corrected chi connectivity index (χ2v) is 8.63. The maximum atomic E-state index is 4.62. The second kappa shape index (κ2) is 6.25. The van der Waals surface area contributed by atoms with E-state index in [4.69, 9.17) is 0 Å². The predicted molar refractivity (Wildman–Crippen MR) is 88.6 cm³/mol. The van der Waals surface area contributed by atoms with Crippen molar-refractivity contribution in [1.82, 2.24) is 29.4 Å². The van der Waals surface area contributed by atoms with Crippen molar-refractivity contribution >= 4 is 23.3 Å². The van der Waals surface area contributed by atoms with Crippen molar-refractivity contribution in [3.63, 3.8) is 0 Å². The van der Waals surface area contributed by atoms with Crippen LogP contribution in [0.5, 0.6) is 0 Å². The molecule has 0 bridgehead atoms. The van der Waals surface area contributed by atoms with Crippen LogP contribution in [0.25, 0.3) is 0 Å². The molecule has 1 fully saturated rings. The molecule has 2 aromatic heterocycles. The minimum absolute atomic E-state index is 0.0184. The number of hydrogen-bond donors (Lipinski definition) is 1. The van der Waals surface area contributed by atoms with E-state index in [2.05, 4.69) is 50.2 Å². The van der Waals surface area contributed by atoms with Gasteiger partial charge in [0.1, 0.15) is 11.6 Å². The van der Waals surface area contributed by atoms with Gasteiger partial charge in [0.05, 0.1) is 0 Å². The first-order chi connectivity index (χ1) is 10.4. The number of rotatable bonds is 3. The lowest BCUT2D eigenvalue weighted by atomic mass is 9.96. The lowest BCUT2D eigenvalue weighted by molar-refractivity contribution is 0.434. The van der Waals surface area contributed by atoms with Crippen LogP contribution >= 0.6 is 23.3 Å². The molecule has 6 nitrogen and oxygen atoms in total. The summed E-state index contributed by atoms with van der Waals surface area (Å²) in [5.74, 6) is 2.48. The fourth-order valence-electron chi connectivity index (χ4n) is 2.48. The Morgan fingerprint density at radius 3 is 2.59 bits per heavy atom. The zero-order valence-corrected chi connectivity index (χ0v) is 15.1. The smallest absolute Gasteiger partial charge is 0.198 e. The van der Waals surface area contributed by atoms with E-state index in [-0.39, 0.29) is 5.41 Å². The van der Waals surface area contributed by atoms with E-state index >= 15 is 0 Å². The minimum atomic E-state index is -0.0184. The zero-order chi connectivity index (χ0) is 15.7. The summed E-state index contributed by atoms with van der Waals surface area (Å²) in [5, 5.41) is 13.0. The molecule has 0 aromatic carbocycles. The molecule has 2 aromatic rings. The quantitative estimate of drug-likeness (QED) is 0.928. The van der Waals surface area contributed by atoms with Gasteiger partial charge in [0.2, 0.25) is 0 Å². The van der Waals surface area contributed by atoms with Crippen molar-refractivity contribution < 1.29 is 0 Å². The van der Waals surface area contributed by atoms with Crippen LogP contribution in [0, 0.1) is 0 Å². The van der Waals surface area contributed by atoms with E-state index in [1.807, 2.05) is 7.05 Å². The fourth-order valence-corrected chi connectivity index (χ4v) is 4.18. The van der Waals surface area contributed by atoms with Crippen molar-refractivity contribution in [1.29, 1.82) is 0 Å². The Balaban J connectivity index is 1.76. The molecule has 3 heterocycles. The van der Waals surface area contributed by atoms with E-state index in [0.29, 0.717) is 5.92 Å². The first-order valence-corrected chi connectivity index (χ1v) is 9.16. The monoisotopic (exact) mass is 338 g/mol. The minimum Gasteiger partial charge on any atom is -0.317 e. The highest BCUT2D eigenvalue weighted by molar-refractivity contribution is 8.00. The van der Waals surface area contributed by atoms with Crippen LogP contribution < -0.4 is 5.32 Å². The number of aromatic nitrogens is 5. The van der Waals surface area contributed by atoms with E-state index in [1.165, 1.54) is 11.5 Å². The summed E-state index contributed by atoms with van der Waals surface area (Å²) in [7, 11) is 2.05. The molecule has 120 valence electrons. The summed E-state index contributed by atoms with van der Waals surface area (Å²) in [6, 6.07) is 0. The number of nitrogens with zero attached hydrogens (tertiary/aromatic N) is 5. The molecule has 8 heteroatoms. The van der Waals surface area contributed by atoms with Crippen LogP contribution in [0.2, 0.25) is 0 Å². The highest BCUT2D eigenvalue weighted by Gasteiger charge is 2.24. The van der Waals surface area contributed by atoms with Gasteiger partial charge in [-0.1, -0.05) is 20.8 Å². The van der Waals surface area contributed by atoms with Gasteiger partial charge in [-0.15, -0.1) is 10.2 Å². The number of piperidine rings is 1. The molecule has 0 spiro atoms. The molecule has 1 N–H and O–H groups in total. The third-order valence-electron chi connectivity index (χ3n) is 3.83. The summed E-state index contributed by atoms with van der Waals surface area (Å²) in [5.41, 5.74) is -0.0184. The summed E-state index contributed by atoms with van der Waals surface area (Å²) in [4.78, 5) is 4.62. The third-order valence-corrected chi connectivity index (χ3v) is 5.62. The van der Waals surface area contributed by atoms with Crippen molar-refractivity contribution in [2.75, 3.05) is 13.1 Å². The Hall–Kier alpha value is -0.990. The van der Waals surface area contributed by atoms with Crippen LogP contribution in [0.15, 0.2) is 9.50 Å². The van der Waals surface area contributed by atoms with Gasteiger partial charge in [-0.3, -0.25) is 0 Å². The lowest BCUT2D eigenvalue weighted by Gasteiger charge is -2.21. The average molecular weight is 339 g/mol. The highest BCUT2D eigenvalue weighted by atomic mass is 32.2. The van der Waals surface area contributed by atoms with Gasteiger partial charge < -0.3 is 9.88 Å². The highest BCUT2D eigenvalue weighted by Crippen LogP contribution is 2.32. The van der Waals surface area contributed by atoms with E-state index in [9.17, 15) is 0 Å². The van der Waals surface area contributed by atoms with Crippen molar-refractivity contribution in [2.24, 2.45) is 7.05 Å². The third kappa shape index (κ3) is 3.33. The van der Waals surface area contributed by atoms with Gasteiger partial charge in [-0.25, -0.2) is 4.98 Å². The van der Waals surface area contributed by atoms with Gasteiger partial charge in [0, 0.05) is 18.4 Å². The van der Waals surface area contributed by atoms with E-state index < -0.39 is 0 Å². The van der Waals surface area contributed by atoms with E-state index in [0.717, 1.165) is 47.1 Å². The molecule has 3 rings (SSSR count). The Bertz CT molecular complexity index is 636. The zero-order valence-electron chi connectivity index (χ0n) is 13.5. The summed E-state index contributed by atoms with van der Waals surface area (Å²) < 4.78 is 7.49. The molecule has 0 unspecified atom stereocenters. The normalized spacial score (nSPS) is 17.1. The molecular formula is C14H22N6S2. The van der Waals surface area contributed by atoms with Crippen LogP contribution in [-0.4, -0.2) is 37.2 Å². The second-order valence-electron chi connectivity index (χ2n) is 6.66. The first kappa shape index (κ1) is 15.9. The van der Waals surface area contributed by atoms with Crippen molar-refractivity contribution in [2.45, 2.75) is 54.4 Å². The van der Waals surface area contributed by atoms with Crippen LogP contribution in [0.3, 0.4) is 0 Å². The van der Waals surface area contributed by atoms with Crippen LogP contribution in [-0.2, 0) is 12.5 Å². The molecule has 0 amide bonds. The van der Waals surface area contributed by atoms with Gasteiger partial charge in [0.15, 0.2) is 9.50 Å². The summed E-state index contributed by atoms with van der Waals surface area (Å²) >= 11 is 2.99. The fraction of sp³-hybridized carbons (Fsp3) is 0.714. The molecule has 0 radical (unpaired) electrons. The van der Waals surface area contributed by atoms with Crippen molar-refractivity contribution in [3.8, 4) is 0 Å². The maximum absolute atomic E-state index is 4.62. The molecule has 1 aliphatic heterocycles. The molecule has 1 aliphatic rings. The van der Waals surface area contributed by atoms with Gasteiger partial charge in [0.25, 0.3) is 0 Å². The number of nitrogens with one attached hydrogen (secondary N) is 1. The predicted octanol–water partition coefficient (Wildman–Crippen LogP) is 2.58. The molecule has 1 saturated heterocycles. The molecule has 0 saturated carbocycles. The Morgan fingerprint density at radius 2 is 1.95 bits per heavy atom. The summed E-state index contributed by atoms with van der Waals surface area (Å²) in [6.45, 7) is 8.50. The average Bonchev–Trinajstić information content (AvgIpc) is 3.08. The van der Waals surface area contributed by atoms with Crippen LogP contribution in [0.1, 0.15) is 51.2 Å². The molecule has 22 heavy (non-hydrogen) atoms. The van der Waals surface area contributed by atoms with Crippen molar-refractivity contribution in [3.05, 3.63) is 11.6 Å². The van der Waals surface area contributed by atoms with E-state index in [1.54, 1.807) is 11.8 Å². The largest absolute Gasteiger partial charge is 0.317 e. The number of hydrogen-bond acceptors (Lipinski definition) is 7. The topological polar surface area (TPSA) is 68.5 Å². The van der Waals surface area contributed by atoms with Gasteiger partial charge in [-0.2, -0.15) is 4.37 Å². The van der Waals surface area contributed by atoms with Gasteiger partial charge >= 0.3 is 0 Å². The summed E-state index contributed by atoms with van der Waals surface area (Å²) in [6.07, 6.45) is 2.26. The molecular weight excluding hydrogens is 316 g/mol. The Kier molecular flexibility index (Phi) is 4.52. The maximum Gasteiger partial charge on any atom is 0.198 e.